The largest absolute Gasteiger partial charge is 0.480 e. The van der Waals surface area contributed by atoms with Gasteiger partial charge < -0.3 is 10.4 Å². The average molecular weight is 284 g/mol. The topological polar surface area (TPSA) is 69.6 Å². The van der Waals surface area contributed by atoms with Crippen LogP contribution in [-0.2, 0) is 9.59 Å². The fourth-order valence-electron chi connectivity index (χ4n) is 2.87. The van der Waals surface area contributed by atoms with Gasteiger partial charge in [-0.25, -0.2) is 0 Å². The van der Waals surface area contributed by atoms with Crippen LogP contribution in [0.5, 0.6) is 0 Å². The molecule has 1 rings (SSSR count). The molecular formula is C15H28N2O3. The maximum Gasteiger partial charge on any atom is 0.317 e. The number of nitrogens with zero attached hydrogens (tertiary/aromatic N) is 1. The van der Waals surface area contributed by atoms with Crippen LogP contribution in [0.2, 0.25) is 0 Å². The zero-order chi connectivity index (χ0) is 15.1. The summed E-state index contributed by atoms with van der Waals surface area (Å²) in [5, 5.41) is 12.0. The van der Waals surface area contributed by atoms with E-state index in [1.807, 2.05) is 6.92 Å². The summed E-state index contributed by atoms with van der Waals surface area (Å²) in [6, 6.07) is -0.146. The van der Waals surface area contributed by atoms with E-state index in [2.05, 4.69) is 12.2 Å². The molecule has 5 heteroatoms. The SMILES string of the molecule is CCCN(CC(=O)O)C(C)C(=O)NC1CCCCC1C. The minimum absolute atomic E-state index is 0.0431. The second kappa shape index (κ2) is 8.25. The van der Waals surface area contributed by atoms with Gasteiger partial charge in [-0.05, 0) is 38.6 Å². The third kappa shape index (κ3) is 5.12. The number of carboxylic acids is 1. The Morgan fingerprint density at radius 2 is 2.00 bits per heavy atom. The molecule has 0 aromatic carbocycles. The van der Waals surface area contributed by atoms with E-state index in [-0.39, 0.29) is 24.5 Å². The summed E-state index contributed by atoms with van der Waals surface area (Å²) < 4.78 is 0. The van der Waals surface area contributed by atoms with Gasteiger partial charge in [0.25, 0.3) is 0 Å². The van der Waals surface area contributed by atoms with Crippen LogP contribution in [0.15, 0.2) is 0 Å². The molecule has 1 aliphatic carbocycles. The molecule has 0 spiro atoms. The van der Waals surface area contributed by atoms with E-state index in [4.69, 9.17) is 5.11 Å². The molecule has 1 amide bonds. The number of rotatable bonds is 7. The summed E-state index contributed by atoms with van der Waals surface area (Å²) in [7, 11) is 0. The minimum Gasteiger partial charge on any atom is -0.480 e. The van der Waals surface area contributed by atoms with Crippen molar-refractivity contribution in [1.82, 2.24) is 10.2 Å². The number of carbonyl (C=O) groups excluding carboxylic acids is 1. The first-order chi connectivity index (χ1) is 9.45. The zero-order valence-corrected chi connectivity index (χ0v) is 12.9. The molecule has 0 aromatic heterocycles. The molecule has 20 heavy (non-hydrogen) atoms. The van der Waals surface area contributed by atoms with Crippen molar-refractivity contribution in [2.24, 2.45) is 5.92 Å². The van der Waals surface area contributed by atoms with Gasteiger partial charge in [-0.3, -0.25) is 14.5 Å². The van der Waals surface area contributed by atoms with E-state index < -0.39 is 5.97 Å². The first kappa shape index (κ1) is 17.0. The van der Waals surface area contributed by atoms with Crippen LogP contribution in [0.1, 0.15) is 52.9 Å². The highest BCUT2D eigenvalue weighted by Crippen LogP contribution is 2.23. The van der Waals surface area contributed by atoms with Crippen molar-refractivity contribution in [3.05, 3.63) is 0 Å². The molecule has 1 fully saturated rings. The van der Waals surface area contributed by atoms with E-state index in [0.717, 1.165) is 25.7 Å². The van der Waals surface area contributed by atoms with E-state index in [9.17, 15) is 9.59 Å². The standard InChI is InChI=1S/C15H28N2O3/c1-4-9-17(10-14(18)19)12(3)15(20)16-13-8-6-5-7-11(13)2/h11-13H,4-10H2,1-3H3,(H,16,20)(H,18,19). The molecule has 116 valence electrons. The molecular weight excluding hydrogens is 256 g/mol. The molecule has 2 N–H and O–H groups in total. The van der Waals surface area contributed by atoms with Gasteiger partial charge in [-0.15, -0.1) is 0 Å². The third-order valence-corrected chi connectivity index (χ3v) is 4.22. The highest BCUT2D eigenvalue weighted by Gasteiger charge is 2.27. The number of carbonyl (C=O) groups is 2. The Balaban J connectivity index is 2.56. The lowest BCUT2D eigenvalue weighted by atomic mass is 9.86. The van der Waals surface area contributed by atoms with E-state index in [1.165, 1.54) is 6.42 Å². The zero-order valence-electron chi connectivity index (χ0n) is 12.9. The number of hydrogen-bond acceptors (Lipinski definition) is 3. The van der Waals surface area contributed by atoms with Crippen LogP contribution < -0.4 is 5.32 Å². The Morgan fingerprint density at radius 1 is 1.35 bits per heavy atom. The van der Waals surface area contributed by atoms with E-state index in [1.54, 1.807) is 11.8 Å². The molecule has 0 aromatic rings. The van der Waals surface area contributed by atoms with Gasteiger partial charge in [0, 0.05) is 6.04 Å². The summed E-state index contributed by atoms with van der Waals surface area (Å²) in [5.74, 6) is -0.415. The Morgan fingerprint density at radius 3 is 2.55 bits per heavy atom. The first-order valence-electron chi connectivity index (χ1n) is 7.72. The molecule has 0 bridgehead atoms. The van der Waals surface area contributed by atoms with Crippen LogP contribution in [0, 0.1) is 5.92 Å². The molecule has 0 saturated heterocycles. The average Bonchev–Trinajstić information content (AvgIpc) is 2.39. The Labute approximate surface area is 121 Å². The number of aliphatic carboxylic acids is 1. The van der Waals surface area contributed by atoms with Crippen molar-refractivity contribution in [3.63, 3.8) is 0 Å². The van der Waals surface area contributed by atoms with Gasteiger partial charge in [0.2, 0.25) is 5.91 Å². The molecule has 1 saturated carbocycles. The van der Waals surface area contributed by atoms with Crippen LogP contribution >= 0.6 is 0 Å². The smallest absolute Gasteiger partial charge is 0.317 e. The van der Waals surface area contributed by atoms with Gasteiger partial charge >= 0.3 is 5.97 Å². The van der Waals surface area contributed by atoms with E-state index >= 15 is 0 Å². The van der Waals surface area contributed by atoms with Crippen molar-refractivity contribution in [2.45, 2.75) is 65.0 Å². The lowest BCUT2D eigenvalue weighted by molar-refractivity contribution is -0.140. The molecule has 0 aliphatic heterocycles. The maximum absolute atomic E-state index is 12.3. The lowest BCUT2D eigenvalue weighted by Gasteiger charge is -2.32. The number of carboxylic acid groups (broad SMARTS) is 1. The molecule has 0 heterocycles. The van der Waals surface area contributed by atoms with Crippen molar-refractivity contribution in [2.75, 3.05) is 13.1 Å². The Kier molecular flexibility index (Phi) is 6.99. The highest BCUT2D eigenvalue weighted by molar-refractivity contribution is 5.82. The summed E-state index contributed by atoms with van der Waals surface area (Å²) in [6.45, 7) is 6.50. The van der Waals surface area contributed by atoms with Crippen LogP contribution in [-0.4, -0.2) is 47.1 Å². The third-order valence-electron chi connectivity index (χ3n) is 4.22. The van der Waals surface area contributed by atoms with Gasteiger partial charge in [-0.2, -0.15) is 0 Å². The number of amides is 1. The molecule has 3 atom stereocenters. The first-order valence-corrected chi connectivity index (χ1v) is 7.72. The Hall–Kier alpha value is -1.10. The summed E-state index contributed by atoms with van der Waals surface area (Å²) in [5.41, 5.74) is 0. The molecule has 1 aliphatic rings. The fourth-order valence-corrected chi connectivity index (χ4v) is 2.87. The van der Waals surface area contributed by atoms with Crippen molar-refractivity contribution in [1.29, 1.82) is 0 Å². The van der Waals surface area contributed by atoms with Crippen molar-refractivity contribution >= 4 is 11.9 Å². The maximum atomic E-state index is 12.3. The van der Waals surface area contributed by atoms with Gasteiger partial charge in [-0.1, -0.05) is 26.7 Å². The molecule has 5 nitrogen and oxygen atoms in total. The normalized spacial score (nSPS) is 24.4. The van der Waals surface area contributed by atoms with Crippen LogP contribution in [0.3, 0.4) is 0 Å². The van der Waals surface area contributed by atoms with Gasteiger partial charge in [0.15, 0.2) is 0 Å². The van der Waals surface area contributed by atoms with E-state index in [0.29, 0.717) is 12.5 Å². The summed E-state index contributed by atoms with van der Waals surface area (Å²) >= 11 is 0. The van der Waals surface area contributed by atoms with Crippen molar-refractivity contribution < 1.29 is 14.7 Å². The molecule has 3 unspecified atom stereocenters. The Bertz CT molecular complexity index is 333. The monoisotopic (exact) mass is 284 g/mol. The number of nitrogens with one attached hydrogen (secondary N) is 1. The van der Waals surface area contributed by atoms with Gasteiger partial charge in [0.05, 0.1) is 12.6 Å². The highest BCUT2D eigenvalue weighted by atomic mass is 16.4. The van der Waals surface area contributed by atoms with Crippen LogP contribution in [0.25, 0.3) is 0 Å². The number of hydrogen-bond donors (Lipinski definition) is 2. The predicted octanol–water partition coefficient (Wildman–Crippen LogP) is 1.87. The quantitative estimate of drug-likeness (QED) is 0.749. The van der Waals surface area contributed by atoms with Gasteiger partial charge in [0.1, 0.15) is 0 Å². The minimum atomic E-state index is -0.885. The summed E-state index contributed by atoms with van der Waals surface area (Å²) in [4.78, 5) is 24.9. The van der Waals surface area contributed by atoms with Crippen molar-refractivity contribution in [3.8, 4) is 0 Å². The lowest BCUT2D eigenvalue weighted by Crippen LogP contribution is -2.51. The second-order valence-corrected chi connectivity index (χ2v) is 5.92. The summed E-state index contributed by atoms with van der Waals surface area (Å²) in [6.07, 6.45) is 5.44. The molecule has 0 radical (unpaired) electrons. The second-order valence-electron chi connectivity index (χ2n) is 5.92. The van der Waals surface area contributed by atoms with Crippen LogP contribution in [0.4, 0.5) is 0 Å². The fraction of sp³-hybridized carbons (Fsp3) is 0.867. The predicted molar refractivity (Wildman–Crippen MR) is 78.5 cm³/mol.